The molecule has 0 aliphatic heterocycles. The van der Waals surface area contributed by atoms with Crippen LogP contribution in [0.4, 0.5) is 5.69 Å². The highest BCUT2D eigenvalue weighted by Crippen LogP contribution is 2.26. The van der Waals surface area contributed by atoms with Crippen molar-refractivity contribution >= 4 is 35.0 Å². The number of benzene rings is 2. The van der Waals surface area contributed by atoms with Gasteiger partial charge in [0.2, 0.25) is 11.1 Å². The van der Waals surface area contributed by atoms with Crippen molar-refractivity contribution < 1.29 is 9.53 Å². The van der Waals surface area contributed by atoms with Gasteiger partial charge in [0.15, 0.2) is 0 Å². The van der Waals surface area contributed by atoms with Crippen LogP contribution in [0.2, 0.25) is 5.02 Å². The molecular weight excluding hydrogens is 386 g/mol. The summed E-state index contributed by atoms with van der Waals surface area (Å²) < 4.78 is 7.02. The molecule has 140 valence electrons. The van der Waals surface area contributed by atoms with Crippen LogP contribution in [0.1, 0.15) is 13.8 Å². The fourth-order valence-electron chi connectivity index (χ4n) is 2.27. The Bertz CT molecular complexity index is 916. The molecule has 0 aliphatic rings. The van der Waals surface area contributed by atoms with Gasteiger partial charge >= 0.3 is 0 Å². The topological polar surface area (TPSA) is 81.9 Å². The van der Waals surface area contributed by atoms with Crippen LogP contribution < -0.4 is 10.1 Å². The van der Waals surface area contributed by atoms with Crippen LogP contribution in [0, 0.1) is 0 Å². The minimum Gasteiger partial charge on any atom is -0.494 e. The van der Waals surface area contributed by atoms with Gasteiger partial charge in [-0.25, -0.2) is 0 Å². The quantitative estimate of drug-likeness (QED) is 0.603. The van der Waals surface area contributed by atoms with Crippen molar-refractivity contribution in [2.75, 3.05) is 11.9 Å². The summed E-state index contributed by atoms with van der Waals surface area (Å²) >= 11 is 7.35. The number of carbonyl (C=O) groups is 1. The summed E-state index contributed by atoms with van der Waals surface area (Å²) in [5.74, 6) is 0.588. The third kappa shape index (κ3) is 4.78. The second-order valence-corrected chi connectivity index (χ2v) is 7.24. The van der Waals surface area contributed by atoms with Crippen molar-refractivity contribution in [2.45, 2.75) is 24.3 Å². The molecule has 0 bridgehead atoms. The molecule has 0 fully saturated rings. The number of hydrogen-bond acceptors (Lipinski definition) is 6. The van der Waals surface area contributed by atoms with Gasteiger partial charge in [-0.1, -0.05) is 35.5 Å². The number of hydrogen-bond donors (Lipinski definition) is 1. The van der Waals surface area contributed by atoms with E-state index in [1.54, 1.807) is 29.8 Å². The Morgan fingerprint density at radius 2 is 2.00 bits per heavy atom. The lowest BCUT2D eigenvalue weighted by Crippen LogP contribution is -2.23. The Labute approximate surface area is 166 Å². The normalized spacial score (nSPS) is 11.8. The molecule has 1 N–H and O–H groups in total. The van der Waals surface area contributed by atoms with Gasteiger partial charge in [-0.2, -0.15) is 4.68 Å². The number of amides is 1. The zero-order chi connectivity index (χ0) is 19.2. The van der Waals surface area contributed by atoms with E-state index >= 15 is 0 Å². The fraction of sp³-hybridized carbons (Fsp3) is 0.222. The lowest BCUT2D eigenvalue weighted by Gasteiger charge is -2.12. The van der Waals surface area contributed by atoms with E-state index < -0.39 is 5.25 Å². The number of thioether (sulfide) groups is 1. The molecule has 27 heavy (non-hydrogen) atoms. The van der Waals surface area contributed by atoms with Crippen LogP contribution in [0.3, 0.4) is 0 Å². The van der Waals surface area contributed by atoms with E-state index in [4.69, 9.17) is 16.3 Å². The van der Waals surface area contributed by atoms with Crippen LogP contribution in [0.25, 0.3) is 5.69 Å². The van der Waals surface area contributed by atoms with E-state index in [1.165, 1.54) is 11.8 Å². The average Bonchev–Trinajstić information content (AvgIpc) is 3.12. The maximum absolute atomic E-state index is 12.5. The molecule has 3 rings (SSSR count). The molecule has 1 atom stereocenters. The van der Waals surface area contributed by atoms with Crippen molar-refractivity contribution in [1.29, 1.82) is 0 Å². The van der Waals surface area contributed by atoms with Crippen LogP contribution in [-0.4, -0.2) is 38.0 Å². The van der Waals surface area contributed by atoms with Crippen LogP contribution in [-0.2, 0) is 4.79 Å². The number of nitrogens with one attached hydrogen (secondary N) is 1. The smallest absolute Gasteiger partial charge is 0.237 e. The van der Waals surface area contributed by atoms with E-state index in [-0.39, 0.29) is 5.91 Å². The maximum Gasteiger partial charge on any atom is 0.237 e. The Kier molecular flexibility index (Phi) is 6.31. The number of halogens is 1. The van der Waals surface area contributed by atoms with Gasteiger partial charge in [-0.05, 0) is 60.7 Å². The number of ether oxygens (including phenoxy) is 1. The third-order valence-corrected chi connectivity index (χ3v) is 4.98. The largest absolute Gasteiger partial charge is 0.494 e. The highest BCUT2D eigenvalue weighted by atomic mass is 35.5. The maximum atomic E-state index is 12.5. The second kappa shape index (κ2) is 8.88. The van der Waals surface area contributed by atoms with Gasteiger partial charge < -0.3 is 10.1 Å². The minimum atomic E-state index is -0.422. The molecule has 0 spiro atoms. The van der Waals surface area contributed by atoms with Crippen molar-refractivity contribution in [1.82, 2.24) is 20.2 Å². The first-order valence-corrected chi connectivity index (χ1v) is 9.58. The molecule has 9 heteroatoms. The zero-order valence-corrected chi connectivity index (χ0v) is 16.4. The molecule has 1 aromatic heterocycles. The summed E-state index contributed by atoms with van der Waals surface area (Å²) in [5, 5.41) is 15.2. The summed E-state index contributed by atoms with van der Waals surface area (Å²) in [7, 11) is 0. The van der Waals surface area contributed by atoms with Crippen molar-refractivity contribution in [3.8, 4) is 11.4 Å². The van der Waals surface area contributed by atoms with Crippen LogP contribution >= 0.6 is 23.4 Å². The average molecular weight is 404 g/mol. The van der Waals surface area contributed by atoms with Crippen LogP contribution in [0.5, 0.6) is 5.75 Å². The number of anilines is 1. The predicted octanol–water partition coefficient (Wildman–Crippen LogP) is 3.83. The van der Waals surface area contributed by atoms with E-state index in [0.29, 0.717) is 22.5 Å². The standard InChI is InChI=1S/C18H18ClN5O2S/c1-3-26-14-10-8-13(9-11-14)24-18(21-22-23-24)27-12(2)17(25)20-16-7-5-4-6-15(16)19/h4-12H,3H2,1-2H3,(H,20,25)/t12-/m0/s1. The predicted molar refractivity (Wildman–Crippen MR) is 106 cm³/mol. The van der Waals surface area contributed by atoms with Gasteiger partial charge in [0.25, 0.3) is 0 Å². The number of rotatable bonds is 7. The summed E-state index contributed by atoms with van der Waals surface area (Å²) in [4.78, 5) is 12.5. The van der Waals surface area contributed by atoms with E-state index in [0.717, 1.165) is 11.4 Å². The highest BCUT2D eigenvalue weighted by Gasteiger charge is 2.20. The Balaban J connectivity index is 1.70. The van der Waals surface area contributed by atoms with Crippen LogP contribution in [0.15, 0.2) is 53.7 Å². The zero-order valence-electron chi connectivity index (χ0n) is 14.8. The van der Waals surface area contributed by atoms with Crippen molar-refractivity contribution in [3.05, 3.63) is 53.6 Å². The van der Waals surface area contributed by atoms with E-state index in [1.807, 2.05) is 37.3 Å². The monoisotopic (exact) mass is 403 g/mol. The molecule has 1 amide bonds. The summed E-state index contributed by atoms with van der Waals surface area (Å²) in [6.07, 6.45) is 0. The summed E-state index contributed by atoms with van der Waals surface area (Å²) in [5.41, 5.74) is 1.35. The van der Waals surface area contributed by atoms with Gasteiger partial charge in [-0.3, -0.25) is 4.79 Å². The Hall–Kier alpha value is -2.58. The number of aromatic nitrogens is 4. The number of carbonyl (C=O) groups excluding carboxylic acids is 1. The van der Waals surface area contributed by atoms with Gasteiger partial charge in [0, 0.05) is 0 Å². The molecule has 0 aliphatic carbocycles. The second-order valence-electron chi connectivity index (χ2n) is 5.53. The summed E-state index contributed by atoms with van der Waals surface area (Å²) in [6.45, 7) is 4.32. The minimum absolute atomic E-state index is 0.186. The molecule has 3 aromatic rings. The number of tetrazole rings is 1. The fourth-order valence-corrected chi connectivity index (χ4v) is 3.26. The molecule has 0 unspecified atom stereocenters. The first kappa shape index (κ1) is 19.2. The third-order valence-electron chi connectivity index (χ3n) is 3.62. The van der Waals surface area contributed by atoms with E-state index in [2.05, 4.69) is 20.8 Å². The molecule has 0 saturated carbocycles. The highest BCUT2D eigenvalue weighted by molar-refractivity contribution is 8.00. The Morgan fingerprint density at radius 3 is 2.70 bits per heavy atom. The molecule has 1 heterocycles. The molecule has 2 aromatic carbocycles. The SMILES string of the molecule is CCOc1ccc(-n2nnnc2S[C@@H](C)C(=O)Nc2ccccc2Cl)cc1. The van der Waals surface area contributed by atoms with E-state index in [9.17, 15) is 4.79 Å². The lowest BCUT2D eigenvalue weighted by atomic mass is 10.3. The van der Waals surface area contributed by atoms with Gasteiger partial charge in [-0.15, -0.1) is 5.10 Å². The number of nitrogens with zero attached hydrogens (tertiary/aromatic N) is 4. The van der Waals surface area contributed by atoms with Crippen molar-refractivity contribution in [2.24, 2.45) is 0 Å². The molecule has 0 saturated heterocycles. The van der Waals surface area contributed by atoms with Gasteiger partial charge in [0.05, 0.1) is 28.3 Å². The van der Waals surface area contributed by atoms with Gasteiger partial charge in [0.1, 0.15) is 5.75 Å². The first-order chi connectivity index (χ1) is 13.1. The Morgan fingerprint density at radius 1 is 1.26 bits per heavy atom. The first-order valence-electron chi connectivity index (χ1n) is 8.32. The van der Waals surface area contributed by atoms with Crippen molar-refractivity contribution in [3.63, 3.8) is 0 Å². The molecule has 0 radical (unpaired) electrons. The lowest BCUT2D eigenvalue weighted by molar-refractivity contribution is -0.115. The molecular formula is C18H18ClN5O2S. The number of para-hydroxylation sites is 1. The summed E-state index contributed by atoms with van der Waals surface area (Å²) in [6, 6.07) is 14.5. The molecule has 7 nitrogen and oxygen atoms in total.